The van der Waals surface area contributed by atoms with Gasteiger partial charge < -0.3 is 5.11 Å². The second-order valence-corrected chi connectivity index (χ2v) is 4.76. The molecule has 0 aromatic heterocycles. The molecule has 0 amide bonds. The Kier molecular flexibility index (Phi) is 3.57. The lowest BCUT2D eigenvalue weighted by molar-refractivity contribution is 0.131. The van der Waals surface area contributed by atoms with Crippen LogP contribution in [0.2, 0.25) is 0 Å². The van der Waals surface area contributed by atoms with Crippen LogP contribution < -0.4 is 0 Å². The molecular weight excluding hydrogens is 148 g/mol. The highest BCUT2D eigenvalue weighted by atomic mass is 16.3. The number of aliphatic hydroxyl groups is 1. The number of rotatable bonds is 3. The van der Waals surface area contributed by atoms with E-state index in [1.807, 2.05) is 6.92 Å². The van der Waals surface area contributed by atoms with Crippen molar-refractivity contribution in [1.82, 2.24) is 0 Å². The summed E-state index contributed by atoms with van der Waals surface area (Å²) in [5.41, 5.74) is 0.551. The van der Waals surface area contributed by atoms with E-state index >= 15 is 0 Å². The van der Waals surface area contributed by atoms with Crippen molar-refractivity contribution in [3.8, 4) is 0 Å². The van der Waals surface area contributed by atoms with Crippen molar-refractivity contribution in [2.24, 2.45) is 5.41 Å². The maximum atomic E-state index is 9.20. The van der Waals surface area contributed by atoms with Crippen LogP contribution in [0.3, 0.4) is 0 Å². The molecule has 0 aromatic carbocycles. The summed E-state index contributed by atoms with van der Waals surface area (Å²) in [7, 11) is 0. The second kappa shape index (κ2) is 4.27. The minimum Gasteiger partial charge on any atom is -0.393 e. The molecule has 1 aliphatic carbocycles. The van der Waals surface area contributed by atoms with Crippen molar-refractivity contribution in [3.63, 3.8) is 0 Å². The first-order valence-corrected chi connectivity index (χ1v) is 5.30. The highest BCUT2D eigenvalue weighted by Gasteiger charge is 2.26. The van der Waals surface area contributed by atoms with Crippen molar-refractivity contribution >= 4 is 0 Å². The molecule has 0 aliphatic heterocycles. The first-order chi connectivity index (χ1) is 5.62. The van der Waals surface area contributed by atoms with Crippen LogP contribution in [0, 0.1) is 5.41 Å². The molecule has 0 saturated heterocycles. The fourth-order valence-electron chi connectivity index (χ4n) is 2.21. The predicted molar refractivity (Wildman–Crippen MR) is 52.1 cm³/mol. The van der Waals surface area contributed by atoms with Gasteiger partial charge in [0.05, 0.1) is 6.10 Å². The third-order valence-corrected chi connectivity index (χ3v) is 3.23. The van der Waals surface area contributed by atoms with Crippen LogP contribution in [-0.4, -0.2) is 11.2 Å². The summed E-state index contributed by atoms with van der Waals surface area (Å²) in [6.07, 6.45) is 9.06. The minimum atomic E-state index is -0.108. The monoisotopic (exact) mass is 170 g/mol. The molecule has 1 atom stereocenters. The Hall–Kier alpha value is -0.0400. The van der Waals surface area contributed by atoms with Crippen molar-refractivity contribution in [1.29, 1.82) is 0 Å². The fourth-order valence-corrected chi connectivity index (χ4v) is 2.21. The first kappa shape index (κ1) is 10.0. The molecule has 0 radical (unpaired) electrons. The molecule has 1 fully saturated rings. The molecule has 1 rings (SSSR count). The number of hydrogen-bond donors (Lipinski definition) is 1. The molecule has 1 aliphatic rings. The molecule has 1 heteroatoms. The molecule has 12 heavy (non-hydrogen) atoms. The van der Waals surface area contributed by atoms with Crippen LogP contribution in [0.1, 0.15) is 58.8 Å². The molecule has 0 heterocycles. The van der Waals surface area contributed by atoms with E-state index in [2.05, 4.69) is 6.92 Å². The maximum Gasteiger partial charge on any atom is 0.0512 e. The van der Waals surface area contributed by atoms with Crippen LogP contribution in [0.4, 0.5) is 0 Å². The molecule has 0 unspecified atom stereocenters. The van der Waals surface area contributed by atoms with E-state index in [0.717, 1.165) is 6.42 Å². The van der Waals surface area contributed by atoms with Crippen LogP contribution in [-0.2, 0) is 0 Å². The summed E-state index contributed by atoms with van der Waals surface area (Å²) < 4.78 is 0. The molecule has 72 valence electrons. The minimum absolute atomic E-state index is 0.108. The van der Waals surface area contributed by atoms with Gasteiger partial charge in [0.15, 0.2) is 0 Å². The van der Waals surface area contributed by atoms with E-state index in [9.17, 15) is 5.11 Å². The Morgan fingerprint density at radius 2 is 1.83 bits per heavy atom. The third-order valence-electron chi connectivity index (χ3n) is 3.23. The lowest BCUT2D eigenvalue weighted by Gasteiger charge is -2.34. The van der Waals surface area contributed by atoms with Crippen LogP contribution in [0.15, 0.2) is 0 Å². The molecule has 0 bridgehead atoms. The Labute approximate surface area is 76.2 Å². The molecule has 1 nitrogen and oxygen atoms in total. The van der Waals surface area contributed by atoms with Gasteiger partial charge in [-0.1, -0.05) is 26.2 Å². The Morgan fingerprint density at radius 3 is 2.33 bits per heavy atom. The van der Waals surface area contributed by atoms with E-state index in [4.69, 9.17) is 0 Å². The zero-order chi connectivity index (χ0) is 9.03. The second-order valence-electron chi connectivity index (χ2n) is 4.76. The molecular formula is C11H22O. The standard InChI is InChI=1S/C11H22O/c1-10(12)6-9-11(2)7-4-3-5-8-11/h10,12H,3-9H2,1-2H3/t10-/m1/s1. The topological polar surface area (TPSA) is 20.2 Å². The van der Waals surface area contributed by atoms with Crippen LogP contribution >= 0.6 is 0 Å². The maximum absolute atomic E-state index is 9.20. The Balaban J connectivity index is 2.26. The SMILES string of the molecule is C[C@@H](O)CCC1(C)CCCCC1. The van der Waals surface area contributed by atoms with Crippen LogP contribution in [0.25, 0.3) is 0 Å². The van der Waals surface area contributed by atoms with Crippen molar-refractivity contribution < 1.29 is 5.11 Å². The van der Waals surface area contributed by atoms with Gasteiger partial charge in [-0.3, -0.25) is 0 Å². The quantitative estimate of drug-likeness (QED) is 0.690. The zero-order valence-corrected chi connectivity index (χ0v) is 8.47. The van der Waals surface area contributed by atoms with Crippen LogP contribution in [0.5, 0.6) is 0 Å². The smallest absolute Gasteiger partial charge is 0.0512 e. The molecule has 0 aromatic rings. The molecule has 0 spiro atoms. The van der Waals surface area contributed by atoms with Gasteiger partial charge in [-0.05, 0) is 38.0 Å². The molecule has 1 N–H and O–H groups in total. The number of hydrogen-bond acceptors (Lipinski definition) is 1. The summed E-state index contributed by atoms with van der Waals surface area (Å²) in [5.74, 6) is 0. The average molecular weight is 170 g/mol. The summed E-state index contributed by atoms with van der Waals surface area (Å²) in [6.45, 7) is 4.28. The highest BCUT2D eigenvalue weighted by molar-refractivity contribution is 4.78. The van der Waals surface area contributed by atoms with Gasteiger partial charge in [0, 0.05) is 0 Å². The van der Waals surface area contributed by atoms with Gasteiger partial charge in [-0.2, -0.15) is 0 Å². The van der Waals surface area contributed by atoms with Crippen molar-refractivity contribution in [2.45, 2.75) is 64.9 Å². The van der Waals surface area contributed by atoms with Gasteiger partial charge in [-0.25, -0.2) is 0 Å². The molecule has 1 saturated carbocycles. The summed E-state index contributed by atoms with van der Waals surface area (Å²) in [6, 6.07) is 0. The van der Waals surface area contributed by atoms with E-state index in [-0.39, 0.29) is 6.10 Å². The lowest BCUT2D eigenvalue weighted by atomic mass is 9.72. The van der Waals surface area contributed by atoms with E-state index in [0.29, 0.717) is 5.41 Å². The van der Waals surface area contributed by atoms with E-state index in [1.165, 1.54) is 38.5 Å². The Morgan fingerprint density at radius 1 is 1.25 bits per heavy atom. The normalized spacial score (nSPS) is 25.2. The van der Waals surface area contributed by atoms with Gasteiger partial charge in [0.25, 0.3) is 0 Å². The van der Waals surface area contributed by atoms with Gasteiger partial charge in [0.2, 0.25) is 0 Å². The average Bonchev–Trinajstić information content (AvgIpc) is 2.03. The van der Waals surface area contributed by atoms with Gasteiger partial charge >= 0.3 is 0 Å². The summed E-state index contributed by atoms with van der Waals surface area (Å²) >= 11 is 0. The Bertz CT molecular complexity index is 123. The predicted octanol–water partition coefficient (Wildman–Crippen LogP) is 3.12. The van der Waals surface area contributed by atoms with Gasteiger partial charge in [-0.15, -0.1) is 0 Å². The summed E-state index contributed by atoms with van der Waals surface area (Å²) in [5, 5.41) is 9.20. The van der Waals surface area contributed by atoms with Crippen molar-refractivity contribution in [3.05, 3.63) is 0 Å². The van der Waals surface area contributed by atoms with Crippen molar-refractivity contribution in [2.75, 3.05) is 0 Å². The number of aliphatic hydroxyl groups excluding tert-OH is 1. The van der Waals surface area contributed by atoms with E-state index < -0.39 is 0 Å². The lowest BCUT2D eigenvalue weighted by Crippen LogP contribution is -2.21. The third kappa shape index (κ3) is 3.14. The zero-order valence-electron chi connectivity index (χ0n) is 8.47. The largest absolute Gasteiger partial charge is 0.393 e. The first-order valence-electron chi connectivity index (χ1n) is 5.30. The van der Waals surface area contributed by atoms with E-state index in [1.54, 1.807) is 0 Å². The fraction of sp³-hybridized carbons (Fsp3) is 1.00. The highest BCUT2D eigenvalue weighted by Crippen LogP contribution is 2.39. The summed E-state index contributed by atoms with van der Waals surface area (Å²) in [4.78, 5) is 0. The van der Waals surface area contributed by atoms with Gasteiger partial charge in [0.1, 0.15) is 0 Å².